The van der Waals surface area contributed by atoms with E-state index in [9.17, 15) is 14.0 Å². The van der Waals surface area contributed by atoms with Gasteiger partial charge in [0, 0.05) is 30.1 Å². The maximum atomic E-state index is 13.1. The Morgan fingerprint density at radius 1 is 1.00 bits per heavy atom. The minimum atomic E-state index is -0.387. The van der Waals surface area contributed by atoms with Crippen molar-refractivity contribution in [1.29, 1.82) is 0 Å². The number of para-hydroxylation sites is 1. The van der Waals surface area contributed by atoms with E-state index in [1.165, 1.54) is 12.1 Å². The van der Waals surface area contributed by atoms with Gasteiger partial charge in [0.2, 0.25) is 17.7 Å². The Hall–Kier alpha value is -3.48. The van der Waals surface area contributed by atoms with E-state index >= 15 is 0 Å². The van der Waals surface area contributed by atoms with E-state index in [0.717, 1.165) is 10.9 Å². The summed E-state index contributed by atoms with van der Waals surface area (Å²) in [6.07, 6.45) is 0.0673. The molecule has 6 nitrogen and oxygen atoms in total. The highest BCUT2D eigenvalue weighted by molar-refractivity contribution is 6.00. The second-order valence-corrected chi connectivity index (χ2v) is 7.71. The number of pyridine rings is 1. The molecule has 2 aliphatic rings. The molecule has 2 saturated heterocycles. The number of rotatable bonds is 4. The standard InChI is InChI=1S/C23H20FN3O3/c24-17-6-8-18(9-7-17)27-12-16(11-22(27)28)23(29)26-13-19(14-26)30-21-10-5-15-3-1-2-4-20(15)25-21/h1-10,16,19H,11-14H2. The van der Waals surface area contributed by atoms with Gasteiger partial charge in [-0.3, -0.25) is 9.59 Å². The van der Waals surface area contributed by atoms with Crippen LogP contribution < -0.4 is 9.64 Å². The van der Waals surface area contributed by atoms with Crippen LogP contribution in [0.4, 0.5) is 10.1 Å². The summed E-state index contributed by atoms with van der Waals surface area (Å²) in [4.78, 5) is 32.9. The molecule has 3 heterocycles. The monoisotopic (exact) mass is 405 g/mol. The summed E-state index contributed by atoms with van der Waals surface area (Å²) in [5.41, 5.74) is 1.48. The Morgan fingerprint density at radius 2 is 1.77 bits per heavy atom. The summed E-state index contributed by atoms with van der Waals surface area (Å²) in [6, 6.07) is 17.4. The molecule has 1 aromatic heterocycles. The number of anilines is 1. The third kappa shape index (κ3) is 3.47. The molecule has 0 bridgehead atoms. The number of benzene rings is 2. The maximum Gasteiger partial charge on any atom is 0.228 e. The Bertz CT molecular complexity index is 1110. The summed E-state index contributed by atoms with van der Waals surface area (Å²) < 4.78 is 19.0. The number of fused-ring (bicyclic) bond motifs is 1. The number of hydrogen-bond acceptors (Lipinski definition) is 4. The molecule has 1 atom stereocenters. The summed E-state index contributed by atoms with van der Waals surface area (Å²) in [7, 11) is 0. The van der Waals surface area contributed by atoms with Gasteiger partial charge in [-0.15, -0.1) is 0 Å². The van der Waals surface area contributed by atoms with E-state index in [2.05, 4.69) is 4.98 Å². The van der Waals surface area contributed by atoms with Crippen molar-refractivity contribution in [1.82, 2.24) is 9.88 Å². The van der Waals surface area contributed by atoms with E-state index in [1.54, 1.807) is 21.9 Å². The van der Waals surface area contributed by atoms with E-state index in [1.807, 2.05) is 36.4 Å². The number of nitrogens with zero attached hydrogens (tertiary/aromatic N) is 3. The first-order valence-electron chi connectivity index (χ1n) is 9.94. The summed E-state index contributed by atoms with van der Waals surface area (Å²) in [5.74, 6) is -0.356. The molecule has 0 spiro atoms. The van der Waals surface area contributed by atoms with Crippen molar-refractivity contribution in [2.45, 2.75) is 12.5 Å². The smallest absolute Gasteiger partial charge is 0.228 e. The van der Waals surface area contributed by atoms with Crippen LogP contribution in [0.15, 0.2) is 60.7 Å². The van der Waals surface area contributed by atoms with Gasteiger partial charge < -0.3 is 14.5 Å². The van der Waals surface area contributed by atoms with Crippen molar-refractivity contribution in [3.8, 4) is 5.88 Å². The Labute approximate surface area is 172 Å². The third-order valence-electron chi connectivity index (χ3n) is 5.63. The topological polar surface area (TPSA) is 62.7 Å². The molecule has 0 radical (unpaired) electrons. The molecule has 5 rings (SSSR count). The quantitative estimate of drug-likeness (QED) is 0.670. The van der Waals surface area contributed by atoms with Gasteiger partial charge in [0.25, 0.3) is 0 Å². The lowest BCUT2D eigenvalue weighted by molar-refractivity contribution is -0.144. The van der Waals surface area contributed by atoms with Crippen molar-refractivity contribution < 1.29 is 18.7 Å². The fourth-order valence-electron chi connectivity index (χ4n) is 3.98. The van der Waals surface area contributed by atoms with Gasteiger partial charge in [-0.25, -0.2) is 9.37 Å². The number of amides is 2. The molecule has 2 amide bonds. The number of hydrogen-bond donors (Lipinski definition) is 0. The summed E-state index contributed by atoms with van der Waals surface area (Å²) >= 11 is 0. The van der Waals surface area contributed by atoms with Gasteiger partial charge >= 0.3 is 0 Å². The van der Waals surface area contributed by atoms with Crippen molar-refractivity contribution in [2.75, 3.05) is 24.5 Å². The molecule has 2 aliphatic heterocycles. The SMILES string of the molecule is O=C(C1CC(=O)N(c2ccc(F)cc2)C1)N1CC(Oc2ccc3ccccc3n2)C1. The van der Waals surface area contributed by atoms with Gasteiger partial charge in [0.05, 0.1) is 24.5 Å². The fraction of sp³-hybridized carbons (Fsp3) is 0.261. The molecule has 0 aliphatic carbocycles. The van der Waals surface area contributed by atoms with Gasteiger partial charge in [0.1, 0.15) is 11.9 Å². The van der Waals surface area contributed by atoms with Gasteiger partial charge in [-0.2, -0.15) is 0 Å². The average molecular weight is 405 g/mol. The van der Waals surface area contributed by atoms with Crippen molar-refractivity contribution in [3.63, 3.8) is 0 Å². The van der Waals surface area contributed by atoms with E-state index < -0.39 is 0 Å². The molecule has 2 aromatic carbocycles. The van der Waals surface area contributed by atoms with Crippen LogP contribution in [0.25, 0.3) is 10.9 Å². The van der Waals surface area contributed by atoms with Crippen LogP contribution in [0.2, 0.25) is 0 Å². The first-order chi connectivity index (χ1) is 14.6. The number of likely N-dealkylation sites (tertiary alicyclic amines) is 1. The minimum absolute atomic E-state index is 0.0423. The Kier molecular flexibility index (Phi) is 4.58. The molecule has 3 aromatic rings. The minimum Gasteiger partial charge on any atom is -0.471 e. The van der Waals surface area contributed by atoms with Crippen molar-refractivity contribution >= 4 is 28.4 Å². The Morgan fingerprint density at radius 3 is 2.57 bits per heavy atom. The highest BCUT2D eigenvalue weighted by Crippen LogP contribution is 2.28. The molecular formula is C23H20FN3O3. The highest BCUT2D eigenvalue weighted by Gasteiger charge is 2.41. The molecule has 1 unspecified atom stereocenters. The highest BCUT2D eigenvalue weighted by atomic mass is 19.1. The zero-order valence-corrected chi connectivity index (χ0v) is 16.2. The number of carbonyl (C=O) groups excluding carboxylic acids is 2. The zero-order valence-electron chi connectivity index (χ0n) is 16.2. The second kappa shape index (κ2) is 7.40. The lowest BCUT2D eigenvalue weighted by Gasteiger charge is -2.39. The second-order valence-electron chi connectivity index (χ2n) is 7.71. The Balaban J connectivity index is 1.17. The van der Waals surface area contributed by atoms with Crippen LogP contribution in [-0.4, -0.2) is 47.4 Å². The van der Waals surface area contributed by atoms with Crippen LogP contribution >= 0.6 is 0 Å². The van der Waals surface area contributed by atoms with E-state index in [0.29, 0.717) is 31.2 Å². The predicted octanol–water partition coefficient (Wildman–Crippen LogP) is 3.02. The van der Waals surface area contributed by atoms with Crippen LogP contribution in [0.5, 0.6) is 5.88 Å². The fourth-order valence-corrected chi connectivity index (χ4v) is 3.98. The molecule has 30 heavy (non-hydrogen) atoms. The maximum absolute atomic E-state index is 13.1. The van der Waals surface area contributed by atoms with E-state index in [4.69, 9.17) is 4.74 Å². The third-order valence-corrected chi connectivity index (χ3v) is 5.63. The van der Waals surface area contributed by atoms with Crippen molar-refractivity contribution in [2.24, 2.45) is 5.92 Å². The molecule has 2 fully saturated rings. The molecule has 7 heteroatoms. The lowest BCUT2D eigenvalue weighted by atomic mass is 10.0. The van der Waals surface area contributed by atoms with Crippen LogP contribution in [0.3, 0.4) is 0 Å². The van der Waals surface area contributed by atoms with Crippen LogP contribution in [0, 0.1) is 11.7 Å². The van der Waals surface area contributed by atoms with Crippen LogP contribution in [0.1, 0.15) is 6.42 Å². The predicted molar refractivity (Wildman–Crippen MR) is 110 cm³/mol. The molecule has 0 N–H and O–H groups in total. The number of aromatic nitrogens is 1. The van der Waals surface area contributed by atoms with Crippen molar-refractivity contribution in [3.05, 3.63) is 66.5 Å². The number of ether oxygens (including phenoxy) is 1. The summed E-state index contributed by atoms with van der Waals surface area (Å²) in [5, 5.41) is 1.05. The first-order valence-corrected chi connectivity index (χ1v) is 9.94. The lowest BCUT2D eigenvalue weighted by Crippen LogP contribution is -2.57. The zero-order chi connectivity index (χ0) is 20.7. The van der Waals surface area contributed by atoms with Gasteiger partial charge in [0.15, 0.2) is 0 Å². The number of carbonyl (C=O) groups is 2. The molecule has 152 valence electrons. The molecule has 0 saturated carbocycles. The molecular weight excluding hydrogens is 385 g/mol. The first kappa shape index (κ1) is 18.5. The largest absolute Gasteiger partial charge is 0.471 e. The summed E-state index contributed by atoms with van der Waals surface area (Å²) in [6.45, 7) is 1.28. The van der Waals surface area contributed by atoms with E-state index in [-0.39, 0.29) is 36.1 Å². The van der Waals surface area contributed by atoms with Gasteiger partial charge in [-0.1, -0.05) is 18.2 Å². The average Bonchev–Trinajstić information content (AvgIpc) is 3.12. The van der Waals surface area contributed by atoms with Crippen LogP contribution in [-0.2, 0) is 9.59 Å². The van der Waals surface area contributed by atoms with Gasteiger partial charge in [-0.05, 0) is 36.4 Å². The number of halogens is 1. The normalized spacial score (nSPS) is 19.2.